The minimum atomic E-state index is -0.628. The maximum absolute atomic E-state index is 11.1. The van der Waals surface area contributed by atoms with Gasteiger partial charge in [0.1, 0.15) is 17.8 Å². The first-order valence-corrected chi connectivity index (χ1v) is 5.83. The summed E-state index contributed by atoms with van der Waals surface area (Å²) in [5.41, 5.74) is 0.106. The number of nitrogens with zero attached hydrogens (tertiary/aromatic N) is 3. The van der Waals surface area contributed by atoms with Crippen LogP contribution >= 0.6 is 11.6 Å². The molecule has 2 aromatic rings. The number of nitro groups is 1. The van der Waals surface area contributed by atoms with Crippen LogP contribution in [0.25, 0.3) is 11.3 Å². The van der Waals surface area contributed by atoms with E-state index in [0.717, 1.165) is 6.33 Å². The van der Waals surface area contributed by atoms with Gasteiger partial charge in [0.25, 0.3) is 0 Å². The van der Waals surface area contributed by atoms with E-state index in [2.05, 4.69) is 9.97 Å². The van der Waals surface area contributed by atoms with E-state index in [0.29, 0.717) is 17.1 Å². The van der Waals surface area contributed by atoms with Crippen LogP contribution in [0.2, 0.25) is 5.15 Å². The first kappa shape index (κ1) is 14.0. The molecule has 0 aliphatic carbocycles. The summed E-state index contributed by atoms with van der Waals surface area (Å²) in [5, 5.41) is 10.9. The second kappa shape index (κ2) is 5.70. The number of hydrogen-bond donors (Lipinski definition) is 0. The van der Waals surface area contributed by atoms with E-state index in [1.54, 1.807) is 18.2 Å². The highest BCUT2D eigenvalue weighted by atomic mass is 35.5. The quantitative estimate of drug-likeness (QED) is 0.489. The standard InChI is InChI=1S/C12H10ClN3O4/c1-19-7-3-4-9(20-2)8(5-7)10-11(16(17)18)12(13)15-6-14-10/h3-6H,1-2H3. The van der Waals surface area contributed by atoms with Crippen molar-refractivity contribution in [3.8, 4) is 22.8 Å². The van der Waals surface area contributed by atoms with E-state index in [9.17, 15) is 10.1 Å². The first-order valence-electron chi connectivity index (χ1n) is 5.45. The third kappa shape index (κ3) is 2.48. The molecule has 7 nitrogen and oxygen atoms in total. The molecule has 0 fully saturated rings. The third-order valence-corrected chi connectivity index (χ3v) is 2.90. The van der Waals surface area contributed by atoms with Crippen LogP contribution in [0.1, 0.15) is 0 Å². The van der Waals surface area contributed by atoms with Crippen molar-refractivity contribution in [1.29, 1.82) is 0 Å². The Hall–Kier alpha value is -2.41. The summed E-state index contributed by atoms with van der Waals surface area (Å²) < 4.78 is 10.3. The van der Waals surface area contributed by atoms with Crippen molar-refractivity contribution in [3.63, 3.8) is 0 Å². The number of benzene rings is 1. The molecule has 0 atom stereocenters. The Morgan fingerprint density at radius 1 is 1.25 bits per heavy atom. The van der Waals surface area contributed by atoms with Gasteiger partial charge in [-0.15, -0.1) is 0 Å². The van der Waals surface area contributed by atoms with E-state index < -0.39 is 4.92 Å². The van der Waals surface area contributed by atoms with E-state index >= 15 is 0 Å². The average Bonchev–Trinajstić information content (AvgIpc) is 2.45. The molecular formula is C12H10ClN3O4. The van der Waals surface area contributed by atoms with Crippen LogP contribution in [0.4, 0.5) is 5.69 Å². The van der Waals surface area contributed by atoms with E-state index in [1.807, 2.05) is 0 Å². The van der Waals surface area contributed by atoms with Gasteiger partial charge in [-0.05, 0) is 18.2 Å². The summed E-state index contributed by atoms with van der Waals surface area (Å²) in [4.78, 5) is 18.1. The molecule has 1 heterocycles. The maximum atomic E-state index is 11.1. The SMILES string of the molecule is COc1ccc(OC)c(-c2ncnc(Cl)c2[N+](=O)[O-])c1. The van der Waals surface area contributed by atoms with Crippen LogP contribution in [0.5, 0.6) is 11.5 Å². The van der Waals surface area contributed by atoms with Crippen LogP contribution in [-0.2, 0) is 0 Å². The number of aromatic nitrogens is 2. The molecule has 0 bridgehead atoms. The molecule has 0 spiro atoms. The fourth-order valence-electron chi connectivity index (χ4n) is 1.72. The van der Waals surface area contributed by atoms with Gasteiger partial charge in [-0.3, -0.25) is 10.1 Å². The van der Waals surface area contributed by atoms with Crippen molar-refractivity contribution in [2.45, 2.75) is 0 Å². The van der Waals surface area contributed by atoms with Crippen molar-refractivity contribution in [3.05, 3.63) is 39.8 Å². The fourth-order valence-corrected chi connectivity index (χ4v) is 1.92. The maximum Gasteiger partial charge on any atom is 0.332 e. The lowest BCUT2D eigenvalue weighted by Crippen LogP contribution is -1.99. The van der Waals surface area contributed by atoms with Crippen LogP contribution in [0, 0.1) is 10.1 Å². The van der Waals surface area contributed by atoms with Crippen molar-refractivity contribution < 1.29 is 14.4 Å². The molecule has 0 saturated heterocycles. The first-order chi connectivity index (χ1) is 9.58. The number of hydrogen-bond acceptors (Lipinski definition) is 6. The van der Waals surface area contributed by atoms with Gasteiger partial charge < -0.3 is 9.47 Å². The molecule has 0 N–H and O–H groups in total. The van der Waals surface area contributed by atoms with E-state index in [-0.39, 0.29) is 16.5 Å². The Morgan fingerprint density at radius 2 is 2.00 bits per heavy atom. The zero-order chi connectivity index (χ0) is 14.7. The van der Waals surface area contributed by atoms with Gasteiger partial charge in [0.15, 0.2) is 5.69 Å². The van der Waals surface area contributed by atoms with Gasteiger partial charge >= 0.3 is 5.69 Å². The van der Waals surface area contributed by atoms with Crippen LogP contribution in [-0.4, -0.2) is 29.1 Å². The summed E-state index contributed by atoms with van der Waals surface area (Å²) in [6, 6.07) is 4.90. The predicted octanol–water partition coefficient (Wildman–Crippen LogP) is 2.72. The Labute approximate surface area is 119 Å². The third-order valence-electron chi connectivity index (χ3n) is 2.62. The second-order valence-electron chi connectivity index (χ2n) is 3.69. The van der Waals surface area contributed by atoms with Gasteiger partial charge in [0.05, 0.1) is 24.7 Å². The Kier molecular flexibility index (Phi) is 3.99. The summed E-state index contributed by atoms with van der Waals surface area (Å²) in [6.45, 7) is 0. The molecule has 2 rings (SSSR count). The van der Waals surface area contributed by atoms with Crippen LogP contribution in [0.3, 0.4) is 0 Å². The largest absolute Gasteiger partial charge is 0.497 e. The molecule has 0 aliphatic rings. The zero-order valence-corrected chi connectivity index (χ0v) is 11.4. The summed E-state index contributed by atoms with van der Waals surface area (Å²) >= 11 is 5.78. The average molecular weight is 296 g/mol. The molecule has 104 valence electrons. The molecule has 0 amide bonds. The van der Waals surface area contributed by atoms with Gasteiger partial charge in [0, 0.05) is 0 Å². The van der Waals surface area contributed by atoms with Crippen molar-refractivity contribution in [2.24, 2.45) is 0 Å². The number of methoxy groups -OCH3 is 2. The van der Waals surface area contributed by atoms with Gasteiger partial charge in [0.2, 0.25) is 5.15 Å². The molecule has 20 heavy (non-hydrogen) atoms. The minimum absolute atomic E-state index is 0.0748. The molecule has 0 radical (unpaired) electrons. The predicted molar refractivity (Wildman–Crippen MR) is 72.2 cm³/mol. The molecule has 8 heteroatoms. The highest BCUT2D eigenvalue weighted by Crippen LogP contribution is 2.39. The highest BCUT2D eigenvalue weighted by Gasteiger charge is 2.25. The van der Waals surface area contributed by atoms with Crippen molar-refractivity contribution >= 4 is 17.3 Å². The Balaban J connectivity index is 2.73. The number of halogens is 1. The van der Waals surface area contributed by atoms with Gasteiger partial charge in [-0.2, -0.15) is 0 Å². The Bertz CT molecular complexity index is 663. The molecule has 0 unspecified atom stereocenters. The van der Waals surface area contributed by atoms with E-state index in [4.69, 9.17) is 21.1 Å². The number of rotatable bonds is 4. The van der Waals surface area contributed by atoms with Crippen LogP contribution in [0.15, 0.2) is 24.5 Å². The molecule has 0 saturated carbocycles. The summed E-state index contributed by atoms with van der Waals surface area (Å²) in [6.07, 6.45) is 1.16. The molecular weight excluding hydrogens is 286 g/mol. The number of ether oxygens (including phenoxy) is 2. The lowest BCUT2D eigenvalue weighted by atomic mass is 10.1. The van der Waals surface area contributed by atoms with Crippen molar-refractivity contribution in [1.82, 2.24) is 9.97 Å². The van der Waals surface area contributed by atoms with Gasteiger partial charge in [-0.1, -0.05) is 11.6 Å². The van der Waals surface area contributed by atoms with Crippen molar-refractivity contribution in [2.75, 3.05) is 14.2 Å². The molecule has 1 aromatic heterocycles. The lowest BCUT2D eigenvalue weighted by molar-refractivity contribution is -0.384. The Morgan fingerprint density at radius 3 is 2.60 bits per heavy atom. The summed E-state index contributed by atoms with van der Waals surface area (Å²) in [5.74, 6) is 0.938. The topological polar surface area (TPSA) is 87.4 Å². The monoisotopic (exact) mass is 295 g/mol. The second-order valence-corrected chi connectivity index (χ2v) is 4.04. The van der Waals surface area contributed by atoms with Gasteiger partial charge in [-0.25, -0.2) is 9.97 Å². The molecule has 1 aromatic carbocycles. The normalized spacial score (nSPS) is 10.2. The lowest BCUT2D eigenvalue weighted by Gasteiger charge is -2.10. The minimum Gasteiger partial charge on any atom is -0.497 e. The van der Waals surface area contributed by atoms with Crippen LogP contribution < -0.4 is 9.47 Å². The van der Waals surface area contributed by atoms with E-state index in [1.165, 1.54) is 14.2 Å². The smallest absolute Gasteiger partial charge is 0.332 e. The summed E-state index contributed by atoms with van der Waals surface area (Å²) in [7, 11) is 2.95. The highest BCUT2D eigenvalue weighted by molar-refractivity contribution is 6.31. The molecule has 0 aliphatic heterocycles. The fraction of sp³-hybridized carbons (Fsp3) is 0.167. The zero-order valence-electron chi connectivity index (χ0n) is 10.7.